The van der Waals surface area contributed by atoms with Crippen molar-refractivity contribution < 1.29 is 22.3 Å². The molecule has 0 aliphatic heterocycles. The first-order valence-corrected chi connectivity index (χ1v) is 5.56. The summed E-state index contributed by atoms with van der Waals surface area (Å²) >= 11 is 5.57. The molecule has 1 aromatic carbocycles. The number of alkyl halides is 3. The minimum Gasteiger partial charge on any atom is -0.371 e. The number of hydrogen-bond donors (Lipinski definition) is 1. The molecule has 0 radical (unpaired) electrons. The molecule has 7 heteroatoms. The smallest absolute Gasteiger partial charge is 0.371 e. The second-order valence-electron chi connectivity index (χ2n) is 3.56. The normalized spacial score (nSPS) is 11.8. The minimum atomic E-state index is -4.32. The summed E-state index contributed by atoms with van der Waals surface area (Å²) in [5, 5.41) is 2.78. The van der Waals surface area contributed by atoms with E-state index in [0.29, 0.717) is 5.56 Å². The maximum atomic E-state index is 13.4. The zero-order chi connectivity index (χ0) is 13.6. The maximum Gasteiger partial charge on any atom is 0.411 e. The van der Waals surface area contributed by atoms with Crippen LogP contribution < -0.4 is 5.32 Å². The van der Waals surface area contributed by atoms with Gasteiger partial charge >= 0.3 is 6.18 Å². The van der Waals surface area contributed by atoms with Crippen LogP contribution in [-0.2, 0) is 11.3 Å². The lowest BCUT2D eigenvalue weighted by Crippen LogP contribution is -2.24. The monoisotopic (exact) mass is 285 g/mol. The van der Waals surface area contributed by atoms with Crippen LogP contribution in [-0.4, -0.2) is 25.9 Å². The third-order valence-corrected chi connectivity index (χ3v) is 2.33. The molecule has 1 rings (SSSR count). The number of benzene rings is 1. The Labute approximate surface area is 107 Å². The molecule has 0 bridgehead atoms. The highest BCUT2D eigenvalue weighted by molar-refractivity contribution is 6.30. The second-order valence-corrected chi connectivity index (χ2v) is 3.96. The molecule has 0 saturated heterocycles. The molecule has 0 fully saturated rings. The van der Waals surface area contributed by atoms with Gasteiger partial charge in [-0.25, -0.2) is 4.39 Å². The topological polar surface area (TPSA) is 21.3 Å². The highest BCUT2D eigenvalue weighted by atomic mass is 35.5. The third kappa shape index (κ3) is 5.66. The molecule has 1 N–H and O–H groups in total. The van der Waals surface area contributed by atoms with Crippen molar-refractivity contribution in [3.63, 3.8) is 0 Å². The van der Waals surface area contributed by atoms with Gasteiger partial charge in [0.25, 0.3) is 0 Å². The van der Waals surface area contributed by atoms with E-state index in [1.54, 1.807) is 12.1 Å². The largest absolute Gasteiger partial charge is 0.411 e. The van der Waals surface area contributed by atoms with Gasteiger partial charge in [0.15, 0.2) is 0 Å². The molecular formula is C11H12ClF4NO. The quantitative estimate of drug-likeness (QED) is 0.640. The summed E-state index contributed by atoms with van der Waals surface area (Å²) in [5.41, 5.74) is 0.360. The van der Waals surface area contributed by atoms with Crippen LogP contribution in [0.3, 0.4) is 0 Å². The average Bonchev–Trinajstić information content (AvgIpc) is 2.27. The lowest BCUT2D eigenvalue weighted by Gasteiger charge is -2.09. The van der Waals surface area contributed by atoms with Crippen molar-refractivity contribution in [1.29, 1.82) is 0 Å². The van der Waals surface area contributed by atoms with Gasteiger partial charge in [0.1, 0.15) is 12.4 Å². The fraction of sp³-hybridized carbons (Fsp3) is 0.455. The van der Waals surface area contributed by atoms with Crippen molar-refractivity contribution in [2.45, 2.75) is 12.7 Å². The van der Waals surface area contributed by atoms with Crippen LogP contribution in [0.5, 0.6) is 0 Å². The molecule has 0 unspecified atom stereocenters. The Morgan fingerprint density at radius 1 is 1.28 bits per heavy atom. The van der Waals surface area contributed by atoms with Crippen LogP contribution >= 0.6 is 11.6 Å². The Hall–Kier alpha value is -0.850. The van der Waals surface area contributed by atoms with Gasteiger partial charge in [0.2, 0.25) is 0 Å². The molecule has 1 aromatic rings. The minimum absolute atomic E-state index is 0.0163. The third-order valence-electron chi connectivity index (χ3n) is 2.04. The van der Waals surface area contributed by atoms with Crippen LogP contribution in [0, 0.1) is 5.82 Å². The summed E-state index contributed by atoms with van der Waals surface area (Å²) in [6.45, 7) is -0.994. The van der Waals surface area contributed by atoms with Crippen molar-refractivity contribution in [3.05, 3.63) is 34.6 Å². The van der Waals surface area contributed by atoms with Crippen molar-refractivity contribution >= 4 is 11.6 Å². The molecule has 18 heavy (non-hydrogen) atoms. The first kappa shape index (κ1) is 15.2. The van der Waals surface area contributed by atoms with Crippen molar-refractivity contribution in [2.24, 2.45) is 0 Å². The van der Waals surface area contributed by atoms with Gasteiger partial charge in [-0.3, -0.25) is 0 Å². The van der Waals surface area contributed by atoms with Crippen molar-refractivity contribution in [1.82, 2.24) is 5.32 Å². The maximum absolute atomic E-state index is 13.4. The summed E-state index contributed by atoms with van der Waals surface area (Å²) in [7, 11) is 0. The number of rotatable bonds is 6. The molecule has 0 aliphatic carbocycles. The Morgan fingerprint density at radius 2 is 2.00 bits per heavy atom. The summed E-state index contributed by atoms with van der Waals surface area (Å²) in [4.78, 5) is 0. The van der Waals surface area contributed by atoms with Gasteiger partial charge in [-0.1, -0.05) is 23.7 Å². The van der Waals surface area contributed by atoms with Gasteiger partial charge in [-0.2, -0.15) is 13.2 Å². The highest BCUT2D eigenvalue weighted by Gasteiger charge is 2.27. The van der Waals surface area contributed by atoms with Crippen molar-refractivity contribution in [2.75, 3.05) is 19.8 Å². The highest BCUT2D eigenvalue weighted by Crippen LogP contribution is 2.17. The van der Waals surface area contributed by atoms with E-state index in [9.17, 15) is 17.6 Å². The van der Waals surface area contributed by atoms with Gasteiger partial charge in [-0.15, -0.1) is 0 Å². The van der Waals surface area contributed by atoms with E-state index >= 15 is 0 Å². The van der Waals surface area contributed by atoms with Crippen LogP contribution in [0.15, 0.2) is 18.2 Å². The van der Waals surface area contributed by atoms with E-state index < -0.39 is 18.6 Å². The van der Waals surface area contributed by atoms with Gasteiger partial charge in [0, 0.05) is 18.7 Å². The molecule has 0 saturated carbocycles. The molecule has 102 valence electrons. The zero-order valence-electron chi connectivity index (χ0n) is 9.36. The van der Waals surface area contributed by atoms with Crippen LogP contribution in [0.4, 0.5) is 17.6 Å². The van der Waals surface area contributed by atoms with E-state index in [1.165, 1.54) is 6.07 Å². The SMILES string of the molecule is Fc1c(Cl)cccc1CNCCOCC(F)(F)F. The standard InChI is InChI=1S/C11H12ClF4NO/c12-9-3-1-2-8(10(9)13)6-17-4-5-18-7-11(14,15)16/h1-3,17H,4-7H2. The van der Waals surface area contributed by atoms with Gasteiger partial charge < -0.3 is 10.1 Å². The molecule has 0 spiro atoms. The summed E-state index contributed by atoms with van der Waals surface area (Å²) in [6.07, 6.45) is -4.32. The summed E-state index contributed by atoms with van der Waals surface area (Å²) in [6, 6.07) is 4.57. The van der Waals surface area contributed by atoms with Crippen LogP contribution in [0.1, 0.15) is 5.56 Å². The Bertz CT molecular complexity index is 384. The first-order valence-electron chi connectivity index (χ1n) is 5.18. The van der Waals surface area contributed by atoms with Crippen molar-refractivity contribution in [3.8, 4) is 0 Å². The lowest BCUT2D eigenvalue weighted by atomic mass is 10.2. The van der Waals surface area contributed by atoms with E-state index in [2.05, 4.69) is 10.1 Å². The second kappa shape index (κ2) is 6.92. The molecule has 0 heterocycles. The Kier molecular flexibility index (Phi) is 5.84. The van der Waals surface area contributed by atoms with E-state index in [0.717, 1.165) is 0 Å². The van der Waals surface area contributed by atoms with Gasteiger partial charge in [-0.05, 0) is 6.07 Å². The number of hydrogen-bond acceptors (Lipinski definition) is 2. The molecule has 0 atom stereocenters. The lowest BCUT2D eigenvalue weighted by molar-refractivity contribution is -0.173. The van der Waals surface area contributed by atoms with E-state index in [-0.39, 0.29) is 24.7 Å². The average molecular weight is 286 g/mol. The predicted octanol–water partition coefficient (Wildman–Crippen LogP) is 3.15. The van der Waals surface area contributed by atoms with Crippen LogP contribution in [0.25, 0.3) is 0 Å². The van der Waals surface area contributed by atoms with E-state index in [1.807, 2.05) is 0 Å². The fourth-order valence-corrected chi connectivity index (χ4v) is 1.43. The molecule has 0 amide bonds. The zero-order valence-corrected chi connectivity index (χ0v) is 10.1. The summed E-state index contributed by atoms with van der Waals surface area (Å²) < 4.78 is 52.9. The number of halogens is 5. The fourth-order valence-electron chi connectivity index (χ4n) is 1.24. The number of ether oxygens (including phenoxy) is 1. The Balaban J connectivity index is 2.20. The Morgan fingerprint density at radius 3 is 2.67 bits per heavy atom. The molecule has 2 nitrogen and oxygen atoms in total. The van der Waals surface area contributed by atoms with Crippen LogP contribution in [0.2, 0.25) is 5.02 Å². The van der Waals surface area contributed by atoms with E-state index in [4.69, 9.17) is 11.6 Å². The molecule has 0 aliphatic rings. The predicted molar refractivity (Wildman–Crippen MR) is 60.0 cm³/mol. The first-order chi connectivity index (χ1) is 8.40. The summed E-state index contributed by atoms with van der Waals surface area (Å²) in [5.74, 6) is -0.525. The molecular weight excluding hydrogens is 274 g/mol. The molecule has 0 aromatic heterocycles. The van der Waals surface area contributed by atoms with Gasteiger partial charge in [0.05, 0.1) is 11.6 Å². The number of nitrogens with one attached hydrogen (secondary N) is 1.